The van der Waals surface area contributed by atoms with E-state index in [1.807, 2.05) is 44.3 Å². The normalized spacial score (nSPS) is 15.2. The molecule has 0 saturated heterocycles. The highest BCUT2D eigenvalue weighted by Gasteiger charge is 2.32. The highest BCUT2D eigenvalue weighted by atomic mass is 32.2. The van der Waals surface area contributed by atoms with Gasteiger partial charge >= 0.3 is 0 Å². The zero-order valence-corrected chi connectivity index (χ0v) is 15.5. The highest BCUT2D eigenvalue weighted by molar-refractivity contribution is 7.88. The third-order valence-electron chi connectivity index (χ3n) is 4.62. The monoisotopic (exact) mass is 372 g/mol. The standard InChI is InChI=1S/C18H20N4O3S/c1-13-10-19-18(25-13)17-15-11-22(9-8-16(15)21(2)20-17)26(23,24)12-14-6-4-3-5-7-14/h3-7,10H,8-9,11-12H2,1-2H3. The summed E-state index contributed by atoms with van der Waals surface area (Å²) in [7, 11) is -1.55. The molecule has 7 nitrogen and oxygen atoms in total. The van der Waals surface area contributed by atoms with Gasteiger partial charge in [0.05, 0.1) is 11.9 Å². The van der Waals surface area contributed by atoms with Crippen molar-refractivity contribution in [1.29, 1.82) is 0 Å². The number of hydrogen-bond donors (Lipinski definition) is 0. The number of rotatable bonds is 4. The van der Waals surface area contributed by atoms with Crippen LogP contribution in [0.3, 0.4) is 0 Å². The van der Waals surface area contributed by atoms with Gasteiger partial charge in [-0.2, -0.15) is 9.40 Å². The van der Waals surface area contributed by atoms with E-state index in [1.54, 1.807) is 10.9 Å². The minimum absolute atomic E-state index is 0.00310. The predicted octanol–water partition coefficient (Wildman–Crippen LogP) is 2.27. The number of aryl methyl sites for hydroxylation is 2. The third-order valence-corrected chi connectivity index (χ3v) is 6.41. The van der Waals surface area contributed by atoms with E-state index in [0.29, 0.717) is 30.3 Å². The molecule has 0 radical (unpaired) electrons. The lowest BCUT2D eigenvalue weighted by Gasteiger charge is -2.26. The van der Waals surface area contributed by atoms with Crippen LogP contribution >= 0.6 is 0 Å². The second kappa shape index (κ2) is 6.37. The number of aromatic nitrogens is 3. The molecule has 1 aliphatic rings. The second-order valence-electron chi connectivity index (χ2n) is 6.50. The molecule has 3 heterocycles. The van der Waals surface area contributed by atoms with Crippen LogP contribution in [0.25, 0.3) is 11.6 Å². The maximum atomic E-state index is 12.9. The van der Waals surface area contributed by atoms with Crippen LogP contribution in [0.1, 0.15) is 22.6 Å². The van der Waals surface area contributed by atoms with Gasteiger partial charge < -0.3 is 4.42 Å². The summed E-state index contributed by atoms with van der Waals surface area (Å²) in [6.07, 6.45) is 2.26. The summed E-state index contributed by atoms with van der Waals surface area (Å²) in [5.74, 6) is 1.13. The minimum Gasteiger partial charge on any atom is -0.440 e. The molecule has 0 bridgehead atoms. The van der Waals surface area contributed by atoms with Crippen LogP contribution in [0.2, 0.25) is 0 Å². The molecule has 3 aromatic rings. The first kappa shape index (κ1) is 17.0. The Bertz CT molecular complexity index is 1040. The van der Waals surface area contributed by atoms with Crippen molar-refractivity contribution in [3.63, 3.8) is 0 Å². The van der Waals surface area contributed by atoms with Crippen molar-refractivity contribution in [2.75, 3.05) is 6.54 Å². The molecule has 0 saturated carbocycles. The van der Waals surface area contributed by atoms with Gasteiger partial charge in [-0.15, -0.1) is 0 Å². The van der Waals surface area contributed by atoms with E-state index in [-0.39, 0.29) is 12.3 Å². The maximum absolute atomic E-state index is 12.9. The summed E-state index contributed by atoms with van der Waals surface area (Å²) in [6, 6.07) is 9.24. The Morgan fingerprint density at radius 2 is 2.00 bits per heavy atom. The summed E-state index contributed by atoms with van der Waals surface area (Å²) in [5.41, 5.74) is 3.31. The van der Waals surface area contributed by atoms with E-state index < -0.39 is 10.0 Å². The molecule has 0 unspecified atom stereocenters. The summed E-state index contributed by atoms with van der Waals surface area (Å²) in [4.78, 5) is 4.25. The van der Waals surface area contributed by atoms with E-state index in [9.17, 15) is 8.42 Å². The largest absolute Gasteiger partial charge is 0.440 e. The zero-order valence-electron chi connectivity index (χ0n) is 14.7. The van der Waals surface area contributed by atoms with Gasteiger partial charge in [0, 0.05) is 37.8 Å². The van der Waals surface area contributed by atoms with Gasteiger partial charge in [-0.3, -0.25) is 4.68 Å². The van der Waals surface area contributed by atoms with Crippen molar-refractivity contribution < 1.29 is 12.8 Å². The number of oxazole rings is 1. The van der Waals surface area contributed by atoms with Crippen molar-refractivity contribution in [2.45, 2.75) is 25.6 Å². The molecular formula is C18H20N4O3S. The van der Waals surface area contributed by atoms with Gasteiger partial charge in [-0.25, -0.2) is 13.4 Å². The molecule has 136 valence electrons. The Kier molecular flexibility index (Phi) is 4.16. The molecule has 1 aromatic carbocycles. The van der Waals surface area contributed by atoms with Crippen LogP contribution in [-0.2, 0) is 35.8 Å². The van der Waals surface area contributed by atoms with E-state index in [1.165, 1.54) is 4.31 Å². The van der Waals surface area contributed by atoms with Crippen LogP contribution in [-0.4, -0.2) is 34.0 Å². The molecule has 8 heteroatoms. The van der Waals surface area contributed by atoms with Crippen molar-refractivity contribution in [2.24, 2.45) is 7.05 Å². The van der Waals surface area contributed by atoms with Gasteiger partial charge in [0.25, 0.3) is 0 Å². The molecule has 0 atom stereocenters. The van der Waals surface area contributed by atoms with Crippen molar-refractivity contribution in [3.8, 4) is 11.6 Å². The molecular weight excluding hydrogens is 352 g/mol. The molecule has 0 fully saturated rings. The number of nitrogens with zero attached hydrogens (tertiary/aromatic N) is 4. The number of fused-ring (bicyclic) bond motifs is 1. The fourth-order valence-corrected chi connectivity index (χ4v) is 4.81. The minimum atomic E-state index is -3.42. The van der Waals surface area contributed by atoms with Crippen molar-refractivity contribution >= 4 is 10.0 Å². The van der Waals surface area contributed by atoms with Crippen LogP contribution in [0, 0.1) is 6.92 Å². The molecule has 2 aromatic heterocycles. The van der Waals surface area contributed by atoms with Gasteiger partial charge in [0.2, 0.25) is 15.9 Å². The molecule has 0 aliphatic carbocycles. The average molecular weight is 372 g/mol. The average Bonchev–Trinajstić information content (AvgIpc) is 3.19. The Morgan fingerprint density at radius 3 is 2.69 bits per heavy atom. The number of sulfonamides is 1. The fraction of sp³-hybridized carbons (Fsp3) is 0.333. The molecule has 26 heavy (non-hydrogen) atoms. The van der Waals surface area contributed by atoms with E-state index in [0.717, 1.165) is 16.8 Å². The summed E-state index contributed by atoms with van der Waals surface area (Å²) in [5, 5.41) is 4.52. The van der Waals surface area contributed by atoms with Gasteiger partial charge in [0.1, 0.15) is 5.76 Å². The number of benzene rings is 1. The summed E-state index contributed by atoms with van der Waals surface area (Å²) >= 11 is 0. The first-order valence-corrected chi connectivity index (χ1v) is 10.0. The fourth-order valence-electron chi connectivity index (χ4n) is 3.32. The molecule has 1 aliphatic heterocycles. The van der Waals surface area contributed by atoms with Crippen molar-refractivity contribution in [1.82, 2.24) is 19.1 Å². The smallest absolute Gasteiger partial charge is 0.247 e. The van der Waals surface area contributed by atoms with Gasteiger partial charge in [0.15, 0.2) is 5.69 Å². The Morgan fingerprint density at radius 1 is 1.23 bits per heavy atom. The second-order valence-corrected chi connectivity index (χ2v) is 8.47. The zero-order chi connectivity index (χ0) is 18.3. The first-order valence-electron chi connectivity index (χ1n) is 8.43. The molecule has 0 N–H and O–H groups in total. The van der Waals surface area contributed by atoms with Gasteiger partial charge in [-0.05, 0) is 12.5 Å². The SMILES string of the molecule is Cc1cnc(-c2nn(C)c3c2CN(S(=O)(=O)Cc2ccccc2)CC3)o1. The van der Waals surface area contributed by atoms with Crippen LogP contribution in [0.5, 0.6) is 0 Å². The summed E-state index contributed by atoms with van der Waals surface area (Å²) in [6.45, 7) is 2.56. The van der Waals surface area contributed by atoms with Crippen LogP contribution in [0.15, 0.2) is 40.9 Å². The Balaban J connectivity index is 1.65. The van der Waals surface area contributed by atoms with Crippen LogP contribution < -0.4 is 0 Å². The van der Waals surface area contributed by atoms with E-state index in [2.05, 4.69) is 10.1 Å². The maximum Gasteiger partial charge on any atom is 0.247 e. The van der Waals surface area contributed by atoms with E-state index >= 15 is 0 Å². The molecule has 0 amide bonds. The lowest BCUT2D eigenvalue weighted by molar-refractivity contribution is 0.385. The molecule has 0 spiro atoms. The van der Waals surface area contributed by atoms with Crippen LogP contribution in [0.4, 0.5) is 0 Å². The quantitative estimate of drug-likeness (QED) is 0.702. The lowest BCUT2D eigenvalue weighted by Crippen LogP contribution is -2.37. The third kappa shape index (κ3) is 3.06. The first-order chi connectivity index (χ1) is 12.4. The topological polar surface area (TPSA) is 81.2 Å². The van der Waals surface area contributed by atoms with Crippen molar-refractivity contribution in [3.05, 3.63) is 59.1 Å². The Labute approximate surface area is 152 Å². The van der Waals surface area contributed by atoms with E-state index in [4.69, 9.17) is 4.42 Å². The highest BCUT2D eigenvalue weighted by Crippen LogP contribution is 2.31. The van der Waals surface area contributed by atoms with Gasteiger partial charge in [-0.1, -0.05) is 30.3 Å². The number of hydrogen-bond acceptors (Lipinski definition) is 5. The Hall–Kier alpha value is -2.45. The molecule has 4 rings (SSSR count). The lowest BCUT2D eigenvalue weighted by atomic mass is 10.1. The predicted molar refractivity (Wildman–Crippen MR) is 96.6 cm³/mol. The summed E-state index contributed by atoms with van der Waals surface area (Å²) < 4.78 is 34.7.